The summed E-state index contributed by atoms with van der Waals surface area (Å²) >= 11 is 0. The van der Waals surface area contributed by atoms with Gasteiger partial charge in [0.2, 0.25) is 5.95 Å². The molecule has 1 aliphatic carbocycles. The fourth-order valence-electron chi connectivity index (χ4n) is 4.93. The molecule has 3 aliphatic rings. The van der Waals surface area contributed by atoms with E-state index in [0.717, 1.165) is 70.6 Å². The van der Waals surface area contributed by atoms with Gasteiger partial charge in [0.05, 0.1) is 5.69 Å². The molecule has 2 aromatic rings. The molecule has 2 fully saturated rings. The average Bonchev–Trinajstić information content (AvgIpc) is 2.89. The molecule has 0 bridgehead atoms. The monoisotopic (exact) mass is 391 g/mol. The SMILES string of the molecule is Cc1cccc(CN2CCc3cnc(N4CCN(C5CCC5)CC4)nc3CC2)c1. The first-order valence-electron chi connectivity index (χ1n) is 11.4. The quantitative estimate of drug-likeness (QED) is 0.800. The second kappa shape index (κ2) is 8.41. The summed E-state index contributed by atoms with van der Waals surface area (Å²) in [7, 11) is 0. The van der Waals surface area contributed by atoms with Gasteiger partial charge in [-0.3, -0.25) is 9.80 Å². The van der Waals surface area contributed by atoms with Crippen molar-refractivity contribution in [2.45, 2.75) is 51.6 Å². The van der Waals surface area contributed by atoms with Gasteiger partial charge in [-0.05, 0) is 37.3 Å². The minimum Gasteiger partial charge on any atom is -0.338 e. The maximum atomic E-state index is 5.03. The molecule has 5 nitrogen and oxygen atoms in total. The zero-order chi connectivity index (χ0) is 19.6. The lowest BCUT2D eigenvalue weighted by molar-refractivity contribution is 0.120. The zero-order valence-corrected chi connectivity index (χ0v) is 17.7. The molecule has 0 radical (unpaired) electrons. The van der Waals surface area contributed by atoms with Crippen molar-refractivity contribution in [3.8, 4) is 0 Å². The van der Waals surface area contributed by atoms with Crippen LogP contribution in [0.15, 0.2) is 30.5 Å². The molecule has 0 atom stereocenters. The molecule has 0 spiro atoms. The highest BCUT2D eigenvalue weighted by Crippen LogP contribution is 2.26. The average molecular weight is 392 g/mol. The van der Waals surface area contributed by atoms with Crippen molar-refractivity contribution in [2.75, 3.05) is 44.2 Å². The van der Waals surface area contributed by atoms with Crippen LogP contribution < -0.4 is 4.90 Å². The number of anilines is 1. The van der Waals surface area contributed by atoms with E-state index in [-0.39, 0.29) is 0 Å². The van der Waals surface area contributed by atoms with Gasteiger partial charge < -0.3 is 4.90 Å². The van der Waals surface area contributed by atoms with E-state index in [0.29, 0.717) is 0 Å². The predicted octanol–water partition coefficient (Wildman–Crippen LogP) is 3.06. The number of hydrogen-bond donors (Lipinski definition) is 0. The third kappa shape index (κ3) is 4.31. The Morgan fingerprint density at radius 1 is 1.00 bits per heavy atom. The Hall–Kier alpha value is -1.98. The number of nitrogens with zero attached hydrogens (tertiary/aromatic N) is 5. The number of benzene rings is 1. The Morgan fingerprint density at radius 2 is 1.83 bits per heavy atom. The summed E-state index contributed by atoms with van der Waals surface area (Å²) < 4.78 is 0. The lowest BCUT2D eigenvalue weighted by atomic mass is 9.91. The van der Waals surface area contributed by atoms with Gasteiger partial charge in [0.1, 0.15) is 0 Å². The van der Waals surface area contributed by atoms with Gasteiger partial charge in [0.15, 0.2) is 0 Å². The first-order chi connectivity index (χ1) is 14.2. The number of piperazine rings is 1. The van der Waals surface area contributed by atoms with Crippen molar-refractivity contribution in [1.82, 2.24) is 19.8 Å². The molecule has 1 aromatic heterocycles. The van der Waals surface area contributed by atoms with Gasteiger partial charge in [-0.15, -0.1) is 0 Å². The second-order valence-electron chi connectivity index (χ2n) is 9.01. The Bertz CT molecular complexity index is 839. The van der Waals surface area contributed by atoms with E-state index in [1.165, 1.54) is 41.6 Å². The van der Waals surface area contributed by atoms with E-state index < -0.39 is 0 Å². The highest BCUT2D eigenvalue weighted by atomic mass is 15.3. The fraction of sp³-hybridized carbons (Fsp3) is 0.583. The molecule has 154 valence electrons. The summed E-state index contributed by atoms with van der Waals surface area (Å²) in [6.45, 7) is 9.81. The van der Waals surface area contributed by atoms with Crippen LogP contribution in [0.2, 0.25) is 0 Å². The van der Waals surface area contributed by atoms with Crippen LogP contribution >= 0.6 is 0 Å². The second-order valence-corrected chi connectivity index (χ2v) is 9.01. The van der Waals surface area contributed by atoms with E-state index in [9.17, 15) is 0 Å². The van der Waals surface area contributed by atoms with Gasteiger partial charge in [0.25, 0.3) is 0 Å². The minimum atomic E-state index is 0.851. The summed E-state index contributed by atoms with van der Waals surface area (Å²) in [5.41, 5.74) is 5.36. The van der Waals surface area contributed by atoms with Gasteiger partial charge >= 0.3 is 0 Å². The lowest BCUT2D eigenvalue weighted by Gasteiger charge is -2.43. The summed E-state index contributed by atoms with van der Waals surface area (Å²) in [4.78, 5) is 17.4. The highest BCUT2D eigenvalue weighted by molar-refractivity contribution is 5.35. The topological polar surface area (TPSA) is 35.5 Å². The van der Waals surface area contributed by atoms with Gasteiger partial charge in [0, 0.05) is 64.5 Å². The van der Waals surface area contributed by atoms with Crippen molar-refractivity contribution in [3.05, 3.63) is 52.8 Å². The van der Waals surface area contributed by atoms with E-state index in [1.807, 2.05) is 0 Å². The molecule has 5 heteroatoms. The van der Waals surface area contributed by atoms with Crippen molar-refractivity contribution >= 4 is 5.95 Å². The van der Waals surface area contributed by atoms with Gasteiger partial charge in [-0.25, -0.2) is 9.97 Å². The first-order valence-corrected chi connectivity index (χ1v) is 11.4. The van der Waals surface area contributed by atoms with Crippen LogP contribution in [-0.4, -0.2) is 65.1 Å². The normalized spacial score (nSPS) is 21.5. The third-order valence-corrected chi connectivity index (χ3v) is 6.98. The Kier molecular flexibility index (Phi) is 5.51. The van der Waals surface area contributed by atoms with E-state index in [4.69, 9.17) is 9.97 Å². The molecule has 1 saturated carbocycles. The molecule has 2 aliphatic heterocycles. The van der Waals surface area contributed by atoms with Gasteiger partial charge in [-0.2, -0.15) is 0 Å². The summed E-state index contributed by atoms with van der Waals surface area (Å²) in [5, 5.41) is 0. The van der Waals surface area contributed by atoms with Gasteiger partial charge in [-0.1, -0.05) is 36.2 Å². The third-order valence-electron chi connectivity index (χ3n) is 6.98. The zero-order valence-electron chi connectivity index (χ0n) is 17.7. The molecule has 0 amide bonds. The predicted molar refractivity (Wildman–Crippen MR) is 117 cm³/mol. The highest BCUT2D eigenvalue weighted by Gasteiger charge is 2.29. The summed E-state index contributed by atoms with van der Waals surface area (Å²) in [5.74, 6) is 0.948. The molecule has 0 unspecified atom stereocenters. The first kappa shape index (κ1) is 19.0. The summed E-state index contributed by atoms with van der Waals surface area (Å²) in [6.07, 6.45) is 8.39. The van der Waals surface area contributed by atoms with Crippen LogP contribution in [0.4, 0.5) is 5.95 Å². The van der Waals surface area contributed by atoms with Crippen LogP contribution in [-0.2, 0) is 19.4 Å². The molecule has 1 saturated heterocycles. The van der Waals surface area contributed by atoms with E-state index >= 15 is 0 Å². The minimum absolute atomic E-state index is 0.851. The van der Waals surface area contributed by atoms with Crippen molar-refractivity contribution < 1.29 is 0 Å². The van der Waals surface area contributed by atoms with Crippen molar-refractivity contribution in [1.29, 1.82) is 0 Å². The van der Waals surface area contributed by atoms with E-state index in [2.05, 4.69) is 52.1 Å². The summed E-state index contributed by atoms with van der Waals surface area (Å²) in [6, 6.07) is 9.74. The number of aryl methyl sites for hydroxylation is 1. The molecule has 3 heterocycles. The van der Waals surface area contributed by atoms with Crippen LogP contribution in [0.25, 0.3) is 0 Å². The van der Waals surface area contributed by atoms with Crippen molar-refractivity contribution in [3.63, 3.8) is 0 Å². The smallest absolute Gasteiger partial charge is 0.225 e. The number of aromatic nitrogens is 2. The van der Waals surface area contributed by atoms with Crippen LogP contribution in [0, 0.1) is 6.92 Å². The molecule has 1 aromatic carbocycles. The lowest BCUT2D eigenvalue weighted by Crippen LogP contribution is -2.52. The molecular formula is C24H33N5. The van der Waals surface area contributed by atoms with Crippen LogP contribution in [0.3, 0.4) is 0 Å². The molecule has 0 N–H and O–H groups in total. The van der Waals surface area contributed by atoms with E-state index in [1.54, 1.807) is 0 Å². The van der Waals surface area contributed by atoms with Crippen LogP contribution in [0.1, 0.15) is 41.6 Å². The Balaban J connectivity index is 1.21. The molecule has 5 rings (SSSR count). The standard InChI is InChI=1S/C24H33N5/c1-19-4-2-5-20(16-19)18-27-10-8-21-17-25-24(26-23(21)9-11-27)29-14-12-28(13-15-29)22-6-3-7-22/h2,4-5,16-17,22H,3,6-15,18H2,1H3. The van der Waals surface area contributed by atoms with Crippen LogP contribution in [0.5, 0.6) is 0 Å². The Morgan fingerprint density at radius 3 is 2.59 bits per heavy atom. The maximum absolute atomic E-state index is 5.03. The molecule has 29 heavy (non-hydrogen) atoms. The Labute approximate surface area is 174 Å². The maximum Gasteiger partial charge on any atom is 0.225 e. The van der Waals surface area contributed by atoms with Crippen molar-refractivity contribution in [2.24, 2.45) is 0 Å². The molecular weight excluding hydrogens is 358 g/mol. The fourth-order valence-corrected chi connectivity index (χ4v) is 4.93. The number of hydrogen-bond acceptors (Lipinski definition) is 5. The number of rotatable bonds is 4. The number of fused-ring (bicyclic) bond motifs is 1. The largest absolute Gasteiger partial charge is 0.338 e.